The minimum atomic E-state index is -2.96. The number of rotatable bonds is 3. The maximum absolute atomic E-state index is 11.9. The number of carbonyl (C=O) groups excluding carboxylic acids is 1. The molecule has 82 valence electrons. The molecule has 0 aromatic heterocycles. The average molecular weight is 255 g/mol. The number of ether oxygens (including phenoxy) is 1. The van der Waals surface area contributed by atoms with Gasteiger partial charge in [0, 0.05) is 0 Å². The van der Waals surface area contributed by atoms with Gasteiger partial charge in [-0.25, -0.2) is 0 Å². The minimum absolute atomic E-state index is 0.00866. The second kappa shape index (κ2) is 4.77. The number of ketones is 1. The van der Waals surface area contributed by atoms with Crippen LogP contribution in [0.3, 0.4) is 0 Å². The van der Waals surface area contributed by atoms with Crippen molar-refractivity contribution >= 4 is 29.0 Å². The smallest absolute Gasteiger partial charge is 0.387 e. The number of halogens is 4. The van der Waals surface area contributed by atoms with Crippen molar-refractivity contribution in [3.05, 3.63) is 27.7 Å². The van der Waals surface area contributed by atoms with Gasteiger partial charge in [-0.2, -0.15) is 8.78 Å². The molecule has 0 saturated heterocycles. The van der Waals surface area contributed by atoms with Crippen LogP contribution in [0.2, 0.25) is 10.0 Å². The molecule has 0 atom stereocenters. The monoisotopic (exact) mass is 254 g/mol. The molecule has 1 aromatic carbocycles. The van der Waals surface area contributed by atoms with Crippen LogP contribution in [0.25, 0.3) is 0 Å². The summed E-state index contributed by atoms with van der Waals surface area (Å²) in [7, 11) is 0. The fraction of sp³-hybridized carbons (Fsp3) is 0.222. The summed E-state index contributed by atoms with van der Waals surface area (Å²) in [5.41, 5.74) is 0.0972. The Morgan fingerprint density at radius 3 is 2.13 bits per heavy atom. The summed E-state index contributed by atoms with van der Waals surface area (Å²) in [4.78, 5) is 11.1. The fourth-order valence-electron chi connectivity index (χ4n) is 1.06. The van der Waals surface area contributed by atoms with E-state index in [1.807, 2.05) is 0 Å². The van der Waals surface area contributed by atoms with Crippen LogP contribution in [0.4, 0.5) is 8.78 Å². The number of hydrogen-bond donors (Lipinski definition) is 0. The Hall–Kier alpha value is -0.870. The maximum atomic E-state index is 11.9. The van der Waals surface area contributed by atoms with Gasteiger partial charge in [-0.05, 0) is 19.1 Å². The lowest BCUT2D eigenvalue weighted by molar-refractivity contribution is -0.0498. The highest BCUT2D eigenvalue weighted by atomic mass is 35.5. The van der Waals surface area contributed by atoms with E-state index in [0.29, 0.717) is 0 Å². The normalized spacial score (nSPS) is 10.5. The maximum Gasteiger partial charge on any atom is 0.387 e. The van der Waals surface area contributed by atoms with Gasteiger partial charge in [0.1, 0.15) is 5.75 Å². The Bertz CT molecular complexity index is 371. The molecular formula is C9H6Cl2F2O2. The van der Waals surface area contributed by atoms with Crippen molar-refractivity contribution in [1.82, 2.24) is 0 Å². The second-order valence-electron chi connectivity index (χ2n) is 2.70. The Labute approximate surface area is 94.7 Å². The van der Waals surface area contributed by atoms with Crippen LogP contribution in [0.1, 0.15) is 17.3 Å². The Morgan fingerprint density at radius 2 is 1.80 bits per heavy atom. The first kappa shape index (κ1) is 12.2. The van der Waals surface area contributed by atoms with Gasteiger partial charge in [0.25, 0.3) is 0 Å². The van der Waals surface area contributed by atoms with E-state index >= 15 is 0 Å². The molecule has 0 N–H and O–H groups in total. The zero-order valence-electron chi connectivity index (χ0n) is 7.56. The molecule has 0 fully saturated rings. The molecule has 0 bridgehead atoms. The van der Waals surface area contributed by atoms with Gasteiger partial charge < -0.3 is 4.74 Å². The van der Waals surface area contributed by atoms with Crippen molar-refractivity contribution in [1.29, 1.82) is 0 Å². The van der Waals surface area contributed by atoms with E-state index in [9.17, 15) is 13.6 Å². The first-order valence-corrected chi connectivity index (χ1v) is 4.62. The van der Waals surface area contributed by atoms with Crippen molar-refractivity contribution in [2.24, 2.45) is 0 Å². The van der Waals surface area contributed by atoms with E-state index in [1.165, 1.54) is 6.92 Å². The zero-order valence-corrected chi connectivity index (χ0v) is 9.07. The highest BCUT2D eigenvalue weighted by Crippen LogP contribution is 2.31. The first-order chi connectivity index (χ1) is 6.91. The number of hydrogen-bond acceptors (Lipinski definition) is 2. The third kappa shape index (κ3) is 3.04. The predicted molar refractivity (Wildman–Crippen MR) is 53.1 cm³/mol. The van der Waals surface area contributed by atoms with Crippen LogP contribution < -0.4 is 4.74 Å². The van der Waals surface area contributed by atoms with Gasteiger partial charge in [-0.1, -0.05) is 23.2 Å². The molecule has 0 aliphatic rings. The second-order valence-corrected chi connectivity index (χ2v) is 3.51. The molecule has 0 saturated carbocycles. The summed E-state index contributed by atoms with van der Waals surface area (Å²) in [6.45, 7) is -1.68. The molecule has 0 spiro atoms. The molecule has 2 nitrogen and oxygen atoms in total. The summed E-state index contributed by atoms with van der Waals surface area (Å²) in [6, 6.07) is 2.24. The molecule has 1 rings (SSSR count). The number of alkyl halides is 2. The molecule has 15 heavy (non-hydrogen) atoms. The van der Waals surface area contributed by atoms with Crippen LogP contribution in [0.15, 0.2) is 12.1 Å². The summed E-state index contributed by atoms with van der Waals surface area (Å²) < 4.78 is 27.8. The molecular weight excluding hydrogens is 249 g/mol. The lowest BCUT2D eigenvalue weighted by atomic mass is 10.1. The first-order valence-electron chi connectivity index (χ1n) is 3.86. The topological polar surface area (TPSA) is 26.3 Å². The Balaban J connectivity index is 3.14. The summed E-state index contributed by atoms with van der Waals surface area (Å²) in [5.74, 6) is -0.515. The van der Waals surface area contributed by atoms with Gasteiger partial charge in [-0.15, -0.1) is 0 Å². The van der Waals surface area contributed by atoms with Gasteiger partial charge in [0.05, 0.1) is 15.6 Å². The molecule has 6 heteroatoms. The molecule has 0 radical (unpaired) electrons. The van der Waals surface area contributed by atoms with E-state index in [1.54, 1.807) is 0 Å². The van der Waals surface area contributed by atoms with Crippen LogP contribution in [-0.2, 0) is 0 Å². The lowest BCUT2D eigenvalue weighted by Gasteiger charge is -2.08. The van der Waals surface area contributed by atoms with Crippen molar-refractivity contribution in [3.63, 3.8) is 0 Å². The van der Waals surface area contributed by atoms with E-state index in [-0.39, 0.29) is 27.1 Å². The van der Waals surface area contributed by atoms with Crippen molar-refractivity contribution in [2.75, 3.05) is 0 Å². The molecule has 0 aliphatic carbocycles. The summed E-state index contributed by atoms with van der Waals surface area (Å²) in [5, 5.41) is -0.0173. The molecule has 0 amide bonds. The van der Waals surface area contributed by atoms with Crippen molar-refractivity contribution < 1.29 is 18.3 Å². The van der Waals surface area contributed by atoms with Crippen LogP contribution >= 0.6 is 23.2 Å². The molecule has 0 unspecified atom stereocenters. The quantitative estimate of drug-likeness (QED) is 0.768. The van der Waals surface area contributed by atoms with E-state index in [0.717, 1.165) is 12.1 Å². The lowest BCUT2D eigenvalue weighted by Crippen LogP contribution is -2.03. The van der Waals surface area contributed by atoms with E-state index in [4.69, 9.17) is 23.2 Å². The third-order valence-corrected chi connectivity index (χ3v) is 2.19. The van der Waals surface area contributed by atoms with Crippen LogP contribution in [0, 0.1) is 0 Å². The Kier molecular flexibility index (Phi) is 3.88. The van der Waals surface area contributed by atoms with Gasteiger partial charge in [0.2, 0.25) is 0 Å². The minimum Gasteiger partial charge on any atom is -0.435 e. The molecule has 1 aromatic rings. The van der Waals surface area contributed by atoms with Gasteiger partial charge >= 0.3 is 6.61 Å². The third-order valence-electron chi connectivity index (χ3n) is 1.59. The highest BCUT2D eigenvalue weighted by molar-refractivity contribution is 6.39. The number of carbonyl (C=O) groups is 1. The van der Waals surface area contributed by atoms with Crippen LogP contribution in [-0.4, -0.2) is 12.4 Å². The fourth-order valence-corrected chi connectivity index (χ4v) is 1.79. The van der Waals surface area contributed by atoms with E-state index < -0.39 is 6.61 Å². The van der Waals surface area contributed by atoms with Crippen LogP contribution in [0.5, 0.6) is 5.75 Å². The highest BCUT2D eigenvalue weighted by Gasteiger charge is 2.14. The largest absolute Gasteiger partial charge is 0.435 e. The summed E-state index contributed by atoms with van der Waals surface area (Å²) in [6.07, 6.45) is 0. The van der Waals surface area contributed by atoms with Crippen molar-refractivity contribution in [2.45, 2.75) is 13.5 Å². The standard InChI is InChI=1S/C9H6Cl2F2O2/c1-4(14)8-6(10)2-5(3-7(8)11)15-9(12)13/h2-3,9H,1H3. The molecule has 0 aliphatic heterocycles. The summed E-state index contributed by atoms with van der Waals surface area (Å²) >= 11 is 11.4. The SMILES string of the molecule is CC(=O)c1c(Cl)cc(OC(F)F)cc1Cl. The average Bonchev–Trinajstić information content (AvgIpc) is 1.99. The Morgan fingerprint density at radius 1 is 1.33 bits per heavy atom. The van der Waals surface area contributed by atoms with Gasteiger partial charge in [-0.3, -0.25) is 4.79 Å². The number of Topliss-reactive ketones (excluding diaryl/α,β-unsaturated/α-hetero) is 1. The molecule has 0 heterocycles. The van der Waals surface area contributed by atoms with Gasteiger partial charge in [0.15, 0.2) is 5.78 Å². The zero-order chi connectivity index (χ0) is 11.6. The van der Waals surface area contributed by atoms with E-state index in [2.05, 4.69) is 4.74 Å². The van der Waals surface area contributed by atoms with Crippen molar-refractivity contribution in [3.8, 4) is 5.75 Å². The number of benzene rings is 1. The predicted octanol–water partition coefficient (Wildman–Crippen LogP) is 3.80.